The summed E-state index contributed by atoms with van der Waals surface area (Å²) < 4.78 is 27.0. The minimum absolute atomic E-state index is 0.0541. The molecule has 0 aromatic heterocycles. The van der Waals surface area contributed by atoms with E-state index < -0.39 is 15.9 Å². The molecule has 0 saturated carbocycles. The maximum absolute atomic E-state index is 13.0. The van der Waals surface area contributed by atoms with Crippen molar-refractivity contribution in [3.05, 3.63) is 57.6 Å². The molecule has 0 fully saturated rings. The highest BCUT2D eigenvalue weighted by molar-refractivity contribution is 7.99. The van der Waals surface area contributed by atoms with Gasteiger partial charge in [-0.15, -0.1) is 11.8 Å². The average molecular weight is 473 g/mol. The third-order valence-electron chi connectivity index (χ3n) is 4.84. The quantitative estimate of drug-likeness (QED) is 0.642. The molecule has 1 aliphatic heterocycles. The molecule has 1 unspecified atom stereocenters. The van der Waals surface area contributed by atoms with E-state index in [0.29, 0.717) is 18.1 Å². The monoisotopic (exact) mass is 472 g/mol. The number of amides is 1. The molecule has 5 nitrogen and oxygen atoms in total. The van der Waals surface area contributed by atoms with Gasteiger partial charge in [0.2, 0.25) is 10.0 Å². The van der Waals surface area contributed by atoms with E-state index in [1.54, 1.807) is 25.6 Å². The maximum Gasteiger partial charge on any atom is 0.253 e. The fraction of sp³-hybridized carbons (Fsp3) is 0.350. The van der Waals surface area contributed by atoms with E-state index in [2.05, 4.69) is 5.32 Å². The number of sulfonamides is 1. The van der Waals surface area contributed by atoms with Gasteiger partial charge >= 0.3 is 0 Å². The Hall–Kier alpha value is -1.25. The SMILES string of the molecule is CCN(CC)S(=O)(=O)c1ccc(Cl)c(C(=O)NC2CCSc3ccc(Cl)cc32)c1. The second kappa shape index (κ2) is 9.27. The summed E-state index contributed by atoms with van der Waals surface area (Å²) in [6, 6.07) is 9.66. The standard InChI is InChI=1S/C20H22Cl2N2O3S2/c1-3-24(4-2)29(26,27)14-6-7-17(22)15(12-14)20(25)23-18-9-10-28-19-8-5-13(21)11-16(18)19/h5-8,11-12,18H,3-4,9-10H2,1-2H3,(H,23,25). The van der Waals surface area contributed by atoms with Crippen molar-refractivity contribution in [3.63, 3.8) is 0 Å². The lowest BCUT2D eigenvalue weighted by atomic mass is 10.0. The molecule has 1 heterocycles. The highest BCUT2D eigenvalue weighted by Gasteiger charge is 2.26. The molecule has 0 bridgehead atoms. The number of hydrogen-bond acceptors (Lipinski definition) is 4. The number of nitrogens with zero attached hydrogens (tertiary/aromatic N) is 1. The first-order valence-electron chi connectivity index (χ1n) is 9.30. The Labute approximate surface area is 185 Å². The van der Waals surface area contributed by atoms with Crippen LogP contribution in [-0.4, -0.2) is 37.5 Å². The van der Waals surface area contributed by atoms with Gasteiger partial charge in [-0.2, -0.15) is 4.31 Å². The summed E-state index contributed by atoms with van der Waals surface area (Å²) in [4.78, 5) is 14.1. The van der Waals surface area contributed by atoms with Gasteiger partial charge in [0.15, 0.2) is 0 Å². The zero-order valence-corrected chi connectivity index (χ0v) is 19.3. The zero-order chi connectivity index (χ0) is 21.2. The molecule has 0 aliphatic carbocycles. The molecule has 0 spiro atoms. The van der Waals surface area contributed by atoms with Gasteiger partial charge in [-0.25, -0.2) is 8.42 Å². The summed E-state index contributed by atoms with van der Waals surface area (Å²) >= 11 is 14.1. The third-order valence-corrected chi connectivity index (χ3v) is 8.58. The van der Waals surface area contributed by atoms with Gasteiger partial charge in [-0.1, -0.05) is 37.0 Å². The van der Waals surface area contributed by atoms with Gasteiger partial charge in [0.05, 0.1) is 21.5 Å². The molecule has 3 rings (SSSR count). The minimum Gasteiger partial charge on any atom is -0.345 e. The highest BCUT2D eigenvalue weighted by atomic mass is 35.5. The molecule has 0 radical (unpaired) electrons. The average Bonchev–Trinajstić information content (AvgIpc) is 2.69. The van der Waals surface area contributed by atoms with E-state index in [-0.39, 0.29) is 21.5 Å². The van der Waals surface area contributed by atoms with Crippen molar-refractivity contribution in [3.8, 4) is 0 Å². The van der Waals surface area contributed by atoms with Crippen molar-refractivity contribution in [2.45, 2.75) is 36.1 Å². The third kappa shape index (κ3) is 4.75. The number of benzene rings is 2. The number of nitrogens with one attached hydrogen (secondary N) is 1. The molecule has 156 valence electrons. The van der Waals surface area contributed by atoms with Crippen LogP contribution in [0.25, 0.3) is 0 Å². The smallest absolute Gasteiger partial charge is 0.253 e. The van der Waals surface area contributed by atoms with Crippen molar-refractivity contribution in [1.82, 2.24) is 9.62 Å². The van der Waals surface area contributed by atoms with Crippen molar-refractivity contribution < 1.29 is 13.2 Å². The molecule has 1 amide bonds. The van der Waals surface area contributed by atoms with Crippen molar-refractivity contribution >= 4 is 50.9 Å². The second-order valence-corrected chi connectivity index (χ2v) is 10.5. The van der Waals surface area contributed by atoms with Gasteiger partial charge in [-0.3, -0.25) is 4.79 Å². The molecular weight excluding hydrogens is 451 g/mol. The number of hydrogen-bond donors (Lipinski definition) is 1. The summed E-state index contributed by atoms with van der Waals surface area (Å²) in [6.45, 7) is 4.24. The predicted octanol–water partition coefficient (Wildman–Crippen LogP) is 4.99. The number of halogens is 2. The number of fused-ring (bicyclic) bond motifs is 1. The van der Waals surface area contributed by atoms with E-state index in [9.17, 15) is 13.2 Å². The van der Waals surface area contributed by atoms with Crippen LogP contribution in [0.2, 0.25) is 10.0 Å². The normalized spacial score (nSPS) is 16.5. The first-order chi connectivity index (χ1) is 13.8. The Morgan fingerprint density at radius 2 is 1.90 bits per heavy atom. The fourth-order valence-electron chi connectivity index (χ4n) is 3.30. The van der Waals surface area contributed by atoms with E-state index in [0.717, 1.165) is 22.6 Å². The topological polar surface area (TPSA) is 66.5 Å². The minimum atomic E-state index is -3.69. The molecular formula is C20H22Cl2N2O3S2. The summed E-state index contributed by atoms with van der Waals surface area (Å²) in [6.07, 6.45) is 0.749. The Morgan fingerprint density at radius 1 is 1.17 bits per heavy atom. The Kier molecular flexibility index (Phi) is 7.17. The molecule has 2 aromatic rings. The van der Waals surface area contributed by atoms with Gasteiger partial charge in [-0.05, 0) is 48.4 Å². The van der Waals surface area contributed by atoms with E-state index in [1.165, 1.54) is 22.5 Å². The number of rotatable bonds is 6. The van der Waals surface area contributed by atoms with Crippen molar-refractivity contribution in [1.29, 1.82) is 0 Å². The van der Waals surface area contributed by atoms with Crippen LogP contribution < -0.4 is 5.32 Å². The highest BCUT2D eigenvalue weighted by Crippen LogP contribution is 2.38. The first kappa shape index (κ1) is 22.4. The van der Waals surface area contributed by atoms with Crippen LogP contribution in [-0.2, 0) is 10.0 Å². The van der Waals surface area contributed by atoms with Crippen LogP contribution in [0.1, 0.15) is 42.2 Å². The summed E-state index contributed by atoms with van der Waals surface area (Å²) in [5, 5.41) is 3.80. The first-order valence-corrected chi connectivity index (χ1v) is 12.5. The number of carbonyl (C=O) groups is 1. The summed E-state index contributed by atoms with van der Waals surface area (Å²) in [5.74, 6) is 0.457. The number of carbonyl (C=O) groups excluding carboxylic acids is 1. The lowest BCUT2D eigenvalue weighted by Gasteiger charge is -2.26. The van der Waals surface area contributed by atoms with Gasteiger partial charge in [0.1, 0.15) is 0 Å². The molecule has 0 saturated heterocycles. The molecule has 1 atom stereocenters. The van der Waals surface area contributed by atoms with Crippen LogP contribution in [0, 0.1) is 0 Å². The molecule has 2 aromatic carbocycles. The van der Waals surface area contributed by atoms with E-state index >= 15 is 0 Å². The fourth-order valence-corrected chi connectivity index (χ4v) is 6.28. The van der Waals surface area contributed by atoms with Gasteiger partial charge < -0.3 is 5.32 Å². The van der Waals surface area contributed by atoms with Crippen LogP contribution in [0.4, 0.5) is 0 Å². The van der Waals surface area contributed by atoms with Crippen LogP contribution in [0.3, 0.4) is 0 Å². The summed E-state index contributed by atoms with van der Waals surface area (Å²) in [7, 11) is -3.69. The summed E-state index contributed by atoms with van der Waals surface area (Å²) in [5.41, 5.74) is 1.10. The number of thioether (sulfide) groups is 1. The lowest BCUT2D eigenvalue weighted by Crippen LogP contribution is -2.32. The molecule has 29 heavy (non-hydrogen) atoms. The van der Waals surface area contributed by atoms with Crippen molar-refractivity contribution in [2.24, 2.45) is 0 Å². The Morgan fingerprint density at radius 3 is 2.59 bits per heavy atom. The molecule has 9 heteroatoms. The molecule has 1 aliphatic rings. The van der Waals surface area contributed by atoms with Gasteiger partial charge in [0, 0.05) is 28.8 Å². The predicted molar refractivity (Wildman–Crippen MR) is 119 cm³/mol. The van der Waals surface area contributed by atoms with Crippen LogP contribution in [0.5, 0.6) is 0 Å². The zero-order valence-electron chi connectivity index (χ0n) is 16.1. The lowest BCUT2D eigenvalue weighted by molar-refractivity contribution is 0.0935. The van der Waals surface area contributed by atoms with E-state index in [1.807, 2.05) is 18.2 Å². The van der Waals surface area contributed by atoms with Crippen LogP contribution in [0.15, 0.2) is 46.2 Å². The maximum atomic E-state index is 13.0. The van der Waals surface area contributed by atoms with Crippen LogP contribution >= 0.6 is 35.0 Å². The largest absolute Gasteiger partial charge is 0.345 e. The second-order valence-electron chi connectivity index (χ2n) is 6.58. The van der Waals surface area contributed by atoms with Gasteiger partial charge in [0.25, 0.3) is 5.91 Å². The Balaban J connectivity index is 1.90. The Bertz CT molecular complexity index is 1020. The molecule has 1 N–H and O–H groups in total. The van der Waals surface area contributed by atoms with Crippen molar-refractivity contribution in [2.75, 3.05) is 18.8 Å². The van der Waals surface area contributed by atoms with E-state index in [4.69, 9.17) is 23.2 Å².